The van der Waals surface area contributed by atoms with E-state index in [-0.39, 0.29) is 5.91 Å². The summed E-state index contributed by atoms with van der Waals surface area (Å²) < 4.78 is 10.5. The number of hydrogen-bond acceptors (Lipinski definition) is 5. The van der Waals surface area contributed by atoms with Gasteiger partial charge in [0.05, 0.1) is 0 Å². The van der Waals surface area contributed by atoms with Crippen LogP contribution < -0.4 is 10.9 Å². The lowest BCUT2D eigenvalue weighted by Crippen LogP contribution is -2.45. The number of hydrogen-bond donors (Lipinski definition) is 1. The van der Waals surface area contributed by atoms with Gasteiger partial charge in [0.25, 0.3) is 0 Å². The molecule has 1 atom stereocenters. The molecule has 0 saturated carbocycles. The fourth-order valence-corrected chi connectivity index (χ4v) is 2.95. The van der Waals surface area contributed by atoms with Crippen LogP contribution in [-0.4, -0.2) is 35.1 Å². The van der Waals surface area contributed by atoms with Gasteiger partial charge < -0.3 is 14.5 Å². The summed E-state index contributed by atoms with van der Waals surface area (Å²) in [6.45, 7) is 5.88. The Morgan fingerprint density at radius 2 is 2.00 bits per heavy atom. The fraction of sp³-hybridized carbons (Fsp3) is 0.421. The molecule has 1 unspecified atom stereocenters. The van der Waals surface area contributed by atoms with E-state index in [0.717, 1.165) is 6.42 Å². The number of rotatable bonds is 2. The minimum atomic E-state index is -0.608. The van der Waals surface area contributed by atoms with E-state index in [2.05, 4.69) is 5.32 Å². The highest BCUT2D eigenvalue weighted by Gasteiger charge is 2.36. The van der Waals surface area contributed by atoms with Gasteiger partial charge in [0, 0.05) is 23.7 Å². The van der Waals surface area contributed by atoms with E-state index in [1.807, 2.05) is 0 Å². The Bertz CT molecular complexity index is 897. The smallest absolute Gasteiger partial charge is 0.410 e. The average molecular weight is 358 g/mol. The van der Waals surface area contributed by atoms with E-state index in [1.54, 1.807) is 45.0 Å². The Hall–Kier alpha value is -2.83. The number of nitrogens with one attached hydrogen (secondary N) is 1. The van der Waals surface area contributed by atoms with Gasteiger partial charge in [-0.2, -0.15) is 0 Å². The predicted octanol–water partition coefficient (Wildman–Crippen LogP) is 3.13. The van der Waals surface area contributed by atoms with Crippen molar-refractivity contribution in [2.45, 2.75) is 45.3 Å². The van der Waals surface area contributed by atoms with Crippen molar-refractivity contribution in [2.24, 2.45) is 0 Å². The standard InChI is InChI=1S/C19H22N2O5/c1-19(2,3)26-18(24)21-10-4-5-14(21)17(23)20-13-7-8-15-12(11-13)6-9-16(22)25-15/h6-9,11,14H,4-5,10H2,1-3H3,(H,20,23). The number of benzene rings is 1. The van der Waals surface area contributed by atoms with Crippen molar-refractivity contribution < 1.29 is 18.7 Å². The van der Waals surface area contributed by atoms with Gasteiger partial charge in [-0.25, -0.2) is 9.59 Å². The van der Waals surface area contributed by atoms with E-state index in [0.29, 0.717) is 29.6 Å². The van der Waals surface area contributed by atoms with Gasteiger partial charge in [-0.1, -0.05) is 0 Å². The zero-order chi connectivity index (χ0) is 18.9. The molecule has 1 N–H and O–H groups in total. The molecule has 0 spiro atoms. The molecule has 1 aromatic carbocycles. The van der Waals surface area contributed by atoms with Crippen molar-refractivity contribution in [3.8, 4) is 0 Å². The molecule has 7 nitrogen and oxygen atoms in total. The molecule has 2 aromatic rings. The third-order valence-electron chi connectivity index (χ3n) is 4.07. The summed E-state index contributed by atoms with van der Waals surface area (Å²) in [5.41, 5.74) is -0.00412. The first-order valence-electron chi connectivity index (χ1n) is 8.57. The minimum absolute atomic E-state index is 0.259. The zero-order valence-corrected chi connectivity index (χ0v) is 15.1. The van der Waals surface area contributed by atoms with Gasteiger partial charge >= 0.3 is 11.7 Å². The van der Waals surface area contributed by atoms with Crippen molar-refractivity contribution in [3.63, 3.8) is 0 Å². The summed E-state index contributed by atoms with van der Waals surface area (Å²) in [6.07, 6.45) is 0.865. The summed E-state index contributed by atoms with van der Waals surface area (Å²) in [5, 5.41) is 3.54. The monoisotopic (exact) mass is 358 g/mol. The third-order valence-corrected chi connectivity index (χ3v) is 4.07. The first-order chi connectivity index (χ1) is 12.2. The Morgan fingerprint density at radius 3 is 2.73 bits per heavy atom. The second-order valence-electron chi connectivity index (χ2n) is 7.33. The van der Waals surface area contributed by atoms with Crippen LogP contribution >= 0.6 is 0 Å². The van der Waals surface area contributed by atoms with E-state index >= 15 is 0 Å². The molecule has 7 heteroatoms. The maximum absolute atomic E-state index is 12.7. The molecule has 2 amide bonds. The normalized spacial score (nSPS) is 17.3. The lowest BCUT2D eigenvalue weighted by molar-refractivity contribution is -0.120. The van der Waals surface area contributed by atoms with Crippen molar-refractivity contribution in [1.29, 1.82) is 0 Å². The summed E-state index contributed by atoms with van der Waals surface area (Å²) in [5.74, 6) is -0.259. The summed E-state index contributed by atoms with van der Waals surface area (Å²) >= 11 is 0. The molecular weight excluding hydrogens is 336 g/mol. The maximum Gasteiger partial charge on any atom is 0.410 e. The third kappa shape index (κ3) is 4.04. The van der Waals surface area contributed by atoms with Crippen molar-refractivity contribution in [1.82, 2.24) is 4.90 Å². The predicted molar refractivity (Wildman–Crippen MR) is 97.1 cm³/mol. The molecule has 138 valence electrons. The maximum atomic E-state index is 12.7. The van der Waals surface area contributed by atoms with Crippen LogP contribution in [0.3, 0.4) is 0 Å². The van der Waals surface area contributed by atoms with Crippen LogP contribution in [0.2, 0.25) is 0 Å². The van der Waals surface area contributed by atoms with E-state index < -0.39 is 23.4 Å². The fourth-order valence-electron chi connectivity index (χ4n) is 2.95. The molecule has 0 aliphatic carbocycles. The van der Waals surface area contributed by atoms with Crippen LogP contribution in [0.15, 0.2) is 39.5 Å². The highest BCUT2D eigenvalue weighted by atomic mass is 16.6. The topological polar surface area (TPSA) is 88.8 Å². The average Bonchev–Trinajstić information content (AvgIpc) is 3.03. The Morgan fingerprint density at radius 1 is 1.23 bits per heavy atom. The van der Waals surface area contributed by atoms with E-state index in [9.17, 15) is 14.4 Å². The van der Waals surface area contributed by atoms with E-state index in [1.165, 1.54) is 11.0 Å². The molecule has 1 saturated heterocycles. The minimum Gasteiger partial charge on any atom is -0.444 e. The molecule has 1 fully saturated rings. The molecule has 26 heavy (non-hydrogen) atoms. The number of fused-ring (bicyclic) bond motifs is 1. The van der Waals surface area contributed by atoms with Gasteiger partial charge in [-0.05, 0) is 57.9 Å². The first kappa shape index (κ1) is 18.0. The zero-order valence-electron chi connectivity index (χ0n) is 15.1. The number of carbonyl (C=O) groups excluding carboxylic acids is 2. The van der Waals surface area contributed by atoms with Crippen LogP contribution in [0.4, 0.5) is 10.5 Å². The highest BCUT2D eigenvalue weighted by molar-refractivity contribution is 5.98. The molecule has 0 bridgehead atoms. The molecular formula is C19H22N2O5. The van der Waals surface area contributed by atoms with Gasteiger partial charge in [0.2, 0.25) is 5.91 Å². The quantitative estimate of drug-likeness (QED) is 0.833. The van der Waals surface area contributed by atoms with Crippen molar-refractivity contribution in [3.05, 3.63) is 40.8 Å². The van der Waals surface area contributed by atoms with E-state index in [4.69, 9.17) is 9.15 Å². The van der Waals surface area contributed by atoms with Gasteiger partial charge in [0.1, 0.15) is 17.2 Å². The van der Waals surface area contributed by atoms with Gasteiger partial charge in [0.15, 0.2) is 0 Å². The number of amides is 2. The first-order valence-corrected chi connectivity index (χ1v) is 8.57. The highest BCUT2D eigenvalue weighted by Crippen LogP contribution is 2.23. The molecule has 1 aliphatic rings. The molecule has 2 heterocycles. The number of likely N-dealkylation sites (tertiary alicyclic amines) is 1. The SMILES string of the molecule is CC(C)(C)OC(=O)N1CCCC1C(=O)Nc1ccc2oc(=O)ccc2c1. The Kier molecular flexibility index (Phi) is 4.71. The number of nitrogens with zero attached hydrogens (tertiary/aromatic N) is 1. The molecule has 3 rings (SSSR count). The van der Waals surface area contributed by atoms with Gasteiger partial charge in [-0.15, -0.1) is 0 Å². The Balaban J connectivity index is 1.73. The summed E-state index contributed by atoms with van der Waals surface area (Å²) in [7, 11) is 0. The summed E-state index contributed by atoms with van der Waals surface area (Å²) in [6, 6.07) is 7.43. The van der Waals surface area contributed by atoms with Crippen LogP contribution in [0.5, 0.6) is 0 Å². The lowest BCUT2D eigenvalue weighted by atomic mass is 10.1. The number of anilines is 1. The summed E-state index contributed by atoms with van der Waals surface area (Å²) in [4.78, 5) is 37.7. The van der Waals surface area contributed by atoms with Crippen LogP contribution in [0, 0.1) is 0 Å². The van der Waals surface area contributed by atoms with Crippen LogP contribution in [0.25, 0.3) is 11.0 Å². The second kappa shape index (κ2) is 6.82. The second-order valence-corrected chi connectivity index (χ2v) is 7.33. The van der Waals surface area contributed by atoms with Crippen LogP contribution in [0.1, 0.15) is 33.6 Å². The number of ether oxygens (including phenoxy) is 1. The van der Waals surface area contributed by atoms with Gasteiger partial charge in [-0.3, -0.25) is 9.69 Å². The molecule has 0 radical (unpaired) electrons. The lowest BCUT2D eigenvalue weighted by Gasteiger charge is -2.28. The molecule has 1 aromatic heterocycles. The number of carbonyl (C=O) groups is 2. The van der Waals surface area contributed by atoms with Crippen molar-refractivity contribution >= 4 is 28.7 Å². The van der Waals surface area contributed by atoms with Crippen LogP contribution in [-0.2, 0) is 9.53 Å². The largest absolute Gasteiger partial charge is 0.444 e. The van der Waals surface area contributed by atoms with Crippen molar-refractivity contribution in [2.75, 3.05) is 11.9 Å². The molecule has 1 aliphatic heterocycles. The Labute approximate surface area is 150 Å².